The molecule has 0 aliphatic carbocycles. The van der Waals surface area contributed by atoms with Gasteiger partial charge in [-0.15, -0.1) is 0 Å². The number of rotatable bonds is 9. The second kappa shape index (κ2) is 12.0. The smallest absolute Gasteiger partial charge is 0.191 e. The maximum atomic E-state index is 13.8. The molecule has 0 spiro atoms. The SMILES string of the molecule is CCNC(=NCC(CC(C)C)N1CCOCC1)NCC(O)c1ccccc1F. The van der Waals surface area contributed by atoms with Crippen LogP contribution in [0.4, 0.5) is 4.39 Å². The van der Waals surface area contributed by atoms with E-state index in [1.165, 1.54) is 6.07 Å². The highest BCUT2D eigenvalue weighted by molar-refractivity contribution is 5.79. The lowest BCUT2D eigenvalue weighted by atomic mass is 10.0. The highest BCUT2D eigenvalue weighted by atomic mass is 19.1. The number of aliphatic imine (C=N–C) groups is 1. The molecule has 2 atom stereocenters. The van der Waals surface area contributed by atoms with Crippen LogP contribution in [0.5, 0.6) is 0 Å². The lowest BCUT2D eigenvalue weighted by Crippen LogP contribution is -2.46. The maximum absolute atomic E-state index is 13.8. The highest BCUT2D eigenvalue weighted by Crippen LogP contribution is 2.16. The van der Waals surface area contributed by atoms with E-state index in [0.29, 0.717) is 31.0 Å². The van der Waals surface area contributed by atoms with Crippen LogP contribution in [0.2, 0.25) is 0 Å². The highest BCUT2D eigenvalue weighted by Gasteiger charge is 2.22. The fourth-order valence-corrected chi connectivity index (χ4v) is 3.41. The van der Waals surface area contributed by atoms with Gasteiger partial charge >= 0.3 is 0 Å². The molecule has 1 heterocycles. The molecule has 0 saturated carbocycles. The number of ether oxygens (including phenoxy) is 1. The molecule has 158 valence electrons. The summed E-state index contributed by atoms with van der Waals surface area (Å²) in [5, 5.41) is 16.7. The summed E-state index contributed by atoms with van der Waals surface area (Å²) in [6, 6.07) is 6.65. The van der Waals surface area contributed by atoms with Crippen molar-refractivity contribution in [2.24, 2.45) is 10.9 Å². The van der Waals surface area contributed by atoms with Crippen LogP contribution in [0.15, 0.2) is 29.3 Å². The maximum Gasteiger partial charge on any atom is 0.191 e. The van der Waals surface area contributed by atoms with Gasteiger partial charge in [0.05, 0.1) is 25.9 Å². The Kier molecular flexibility index (Phi) is 9.67. The molecule has 1 fully saturated rings. The minimum atomic E-state index is -0.934. The van der Waals surface area contributed by atoms with Gasteiger partial charge in [0, 0.05) is 37.8 Å². The summed E-state index contributed by atoms with van der Waals surface area (Å²) in [4.78, 5) is 7.19. The van der Waals surface area contributed by atoms with Crippen LogP contribution in [0, 0.1) is 11.7 Å². The summed E-state index contributed by atoms with van der Waals surface area (Å²) in [7, 11) is 0. The van der Waals surface area contributed by atoms with Crippen LogP contribution in [0.3, 0.4) is 0 Å². The van der Waals surface area contributed by atoms with Crippen LogP contribution in [0.1, 0.15) is 38.9 Å². The minimum absolute atomic E-state index is 0.194. The van der Waals surface area contributed by atoms with Crippen molar-refractivity contribution < 1.29 is 14.2 Å². The van der Waals surface area contributed by atoms with Gasteiger partial charge in [0.25, 0.3) is 0 Å². The third kappa shape index (κ3) is 7.37. The number of guanidine groups is 1. The molecule has 2 rings (SSSR count). The van der Waals surface area contributed by atoms with Gasteiger partial charge in [-0.1, -0.05) is 32.0 Å². The molecule has 0 radical (unpaired) electrons. The summed E-state index contributed by atoms with van der Waals surface area (Å²) in [5.74, 6) is 0.824. The fraction of sp³-hybridized carbons (Fsp3) is 0.667. The van der Waals surface area contributed by atoms with E-state index in [1.807, 2.05) is 6.92 Å². The molecule has 7 heteroatoms. The summed E-state index contributed by atoms with van der Waals surface area (Å²) < 4.78 is 19.3. The Morgan fingerprint density at radius 2 is 1.96 bits per heavy atom. The Labute approximate surface area is 168 Å². The number of aliphatic hydroxyl groups is 1. The standard InChI is InChI=1S/C21H35FN4O2/c1-4-23-21(25-15-20(27)18-7-5-6-8-19(18)22)24-14-17(13-16(2)3)26-9-11-28-12-10-26/h5-8,16-17,20,27H,4,9-15H2,1-3H3,(H2,23,24,25). The summed E-state index contributed by atoms with van der Waals surface area (Å²) >= 11 is 0. The third-order valence-electron chi connectivity index (χ3n) is 4.84. The van der Waals surface area contributed by atoms with E-state index in [1.54, 1.807) is 18.2 Å². The monoisotopic (exact) mass is 394 g/mol. The molecular formula is C21H35FN4O2. The van der Waals surface area contributed by atoms with E-state index in [4.69, 9.17) is 9.73 Å². The number of hydrogen-bond donors (Lipinski definition) is 3. The zero-order chi connectivity index (χ0) is 20.4. The van der Waals surface area contributed by atoms with Crippen LogP contribution in [0.25, 0.3) is 0 Å². The van der Waals surface area contributed by atoms with E-state index >= 15 is 0 Å². The Hall–Kier alpha value is -1.70. The average Bonchev–Trinajstić information content (AvgIpc) is 2.69. The molecule has 3 N–H and O–H groups in total. The number of aliphatic hydroxyl groups excluding tert-OH is 1. The average molecular weight is 395 g/mol. The zero-order valence-electron chi connectivity index (χ0n) is 17.3. The van der Waals surface area contributed by atoms with Crippen molar-refractivity contribution in [1.82, 2.24) is 15.5 Å². The van der Waals surface area contributed by atoms with Gasteiger partial charge in [-0.2, -0.15) is 0 Å². The molecule has 0 bridgehead atoms. The van der Waals surface area contributed by atoms with Gasteiger partial charge in [-0.3, -0.25) is 9.89 Å². The van der Waals surface area contributed by atoms with Crippen molar-refractivity contribution in [3.05, 3.63) is 35.6 Å². The number of nitrogens with zero attached hydrogens (tertiary/aromatic N) is 2. The number of morpholine rings is 1. The Morgan fingerprint density at radius 1 is 1.25 bits per heavy atom. The molecule has 1 aromatic rings. The number of halogens is 1. The van der Waals surface area contributed by atoms with Crippen LogP contribution in [-0.4, -0.2) is 67.9 Å². The van der Waals surface area contributed by atoms with Gasteiger partial charge in [0.15, 0.2) is 5.96 Å². The van der Waals surface area contributed by atoms with Crippen molar-refractivity contribution in [2.75, 3.05) is 45.9 Å². The minimum Gasteiger partial charge on any atom is -0.386 e. The molecule has 6 nitrogen and oxygen atoms in total. The number of benzene rings is 1. The third-order valence-corrected chi connectivity index (χ3v) is 4.84. The largest absolute Gasteiger partial charge is 0.386 e. The van der Waals surface area contributed by atoms with E-state index in [2.05, 4.69) is 29.4 Å². The predicted molar refractivity (Wildman–Crippen MR) is 111 cm³/mol. The van der Waals surface area contributed by atoms with Gasteiger partial charge in [0.1, 0.15) is 5.82 Å². The van der Waals surface area contributed by atoms with Crippen molar-refractivity contribution in [3.8, 4) is 0 Å². The number of hydrogen-bond acceptors (Lipinski definition) is 4. The molecule has 2 unspecified atom stereocenters. The Balaban J connectivity index is 1.97. The van der Waals surface area contributed by atoms with E-state index in [9.17, 15) is 9.50 Å². The van der Waals surface area contributed by atoms with Crippen molar-refractivity contribution >= 4 is 5.96 Å². The van der Waals surface area contributed by atoms with Gasteiger partial charge in [-0.05, 0) is 25.3 Å². The van der Waals surface area contributed by atoms with E-state index < -0.39 is 11.9 Å². The first-order valence-electron chi connectivity index (χ1n) is 10.3. The van der Waals surface area contributed by atoms with Crippen LogP contribution >= 0.6 is 0 Å². The Bertz CT molecular complexity index is 606. The topological polar surface area (TPSA) is 69.1 Å². The van der Waals surface area contributed by atoms with Crippen molar-refractivity contribution in [3.63, 3.8) is 0 Å². The van der Waals surface area contributed by atoms with Crippen molar-refractivity contribution in [2.45, 2.75) is 39.3 Å². The van der Waals surface area contributed by atoms with Gasteiger partial charge < -0.3 is 20.5 Å². The Morgan fingerprint density at radius 3 is 2.61 bits per heavy atom. The second-order valence-electron chi connectivity index (χ2n) is 7.57. The quantitative estimate of drug-likeness (QED) is 0.442. The summed E-state index contributed by atoms with van der Waals surface area (Å²) in [6.07, 6.45) is 0.136. The first kappa shape index (κ1) is 22.6. The summed E-state index contributed by atoms with van der Waals surface area (Å²) in [6.45, 7) is 11.4. The first-order valence-corrected chi connectivity index (χ1v) is 10.3. The zero-order valence-corrected chi connectivity index (χ0v) is 17.3. The van der Waals surface area contributed by atoms with E-state index in [0.717, 1.165) is 32.7 Å². The molecule has 1 aliphatic heterocycles. The normalized spacial score (nSPS) is 18.1. The summed E-state index contributed by atoms with van der Waals surface area (Å²) in [5.41, 5.74) is 0.289. The second-order valence-corrected chi connectivity index (χ2v) is 7.57. The lowest BCUT2D eigenvalue weighted by Gasteiger charge is -2.34. The molecular weight excluding hydrogens is 359 g/mol. The number of nitrogens with one attached hydrogen (secondary N) is 2. The van der Waals surface area contributed by atoms with Crippen molar-refractivity contribution in [1.29, 1.82) is 0 Å². The molecule has 1 aliphatic rings. The van der Waals surface area contributed by atoms with Crippen LogP contribution < -0.4 is 10.6 Å². The molecule has 0 aromatic heterocycles. The van der Waals surface area contributed by atoms with Gasteiger partial charge in [0.2, 0.25) is 0 Å². The van der Waals surface area contributed by atoms with Crippen LogP contribution in [-0.2, 0) is 4.74 Å². The van der Waals surface area contributed by atoms with E-state index in [-0.39, 0.29) is 12.1 Å². The molecule has 28 heavy (non-hydrogen) atoms. The predicted octanol–water partition coefficient (Wildman–Crippen LogP) is 2.16. The lowest BCUT2D eigenvalue weighted by molar-refractivity contribution is 0.0143. The van der Waals surface area contributed by atoms with Gasteiger partial charge in [-0.25, -0.2) is 4.39 Å². The fourth-order valence-electron chi connectivity index (χ4n) is 3.41. The first-order chi connectivity index (χ1) is 13.5. The molecule has 1 saturated heterocycles. The molecule has 1 aromatic carbocycles. The molecule has 0 amide bonds.